The highest BCUT2D eigenvalue weighted by Crippen LogP contribution is 2.14. The van der Waals surface area contributed by atoms with Crippen LogP contribution in [0.5, 0.6) is 5.75 Å². The van der Waals surface area contributed by atoms with E-state index < -0.39 is 6.04 Å². The van der Waals surface area contributed by atoms with E-state index in [1.807, 2.05) is 24.3 Å². The highest BCUT2D eigenvalue weighted by atomic mass is 16.5. The second-order valence-corrected chi connectivity index (χ2v) is 4.28. The molecule has 1 aliphatic rings. The summed E-state index contributed by atoms with van der Waals surface area (Å²) in [4.78, 5) is 24.2. The minimum absolute atomic E-state index is 0.136. The van der Waals surface area contributed by atoms with Gasteiger partial charge in [0.25, 0.3) is 0 Å². The number of benzene rings is 1. The first-order chi connectivity index (χ1) is 8.61. The largest absolute Gasteiger partial charge is 0.497 e. The molecule has 0 aromatic heterocycles. The standard InChI is InChI=1S/C13H16N2O3/c1-15-12(16)7-11(13(15)17)14-8-9-4-3-5-10(6-9)18-2/h3-6,11,14H,7-8H2,1-2H3. The van der Waals surface area contributed by atoms with Crippen molar-refractivity contribution in [2.24, 2.45) is 0 Å². The zero-order valence-corrected chi connectivity index (χ0v) is 10.5. The van der Waals surface area contributed by atoms with E-state index >= 15 is 0 Å². The molecule has 5 heteroatoms. The summed E-state index contributed by atoms with van der Waals surface area (Å²) >= 11 is 0. The molecule has 96 valence electrons. The predicted octanol–water partition coefficient (Wildman–Crippen LogP) is 0.542. The van der Waals surface area contributed by atoms with Crippen molar-refractivity contribution < 1.29 is 14.3 Å². The monoisotopic (exact) mass is 248 g/mol. The van der Waals surface area contributed by atoms with Gasteiger partial charge in [-0.2, -0.15) is 0 Å². The molecule has 1 aromatic rings. The number of likely N-dealkylation sites (N-methyl/N-ethyl adjacent to an activating group) is 1. The first kappa shape index (κ1) is 12.6. The minimum Gasteiger partial charge on any atom is -0.497 e. The maximum absolute atomic E-state index is 11.7. The molecule has 0 saturated carbocycles. The molecular formula is C13H16N2O3. The average molecular weight is 248 g/mol. The zero-order chi connectivity index (χ0) is 13.1. The Morgan fingerprint density at radius 2 is 2.22 bits per heavy atom. The Labute approximate surface area is 106 Å². The number of rotatable bonds is 4. The van der Waals surface area contributed by atoms with Crippen LogP contribution < -0.4 is 10.1 Å². The molecule has 1 saturated heterocycles. The van der Waals surface area contributed by atoms with Crippen molar-refractivity contribution in [3.63, 3.8) is 0 Å². The number of carbonyl (C=O) groups is 2. The van der Waals surface area contributed by atoms with Crippen LogP contribution in [0, 0.1) is 0 Å². The number of likely N-dealkylation sites (tertiary alicyclic amines) is 1. The molecular weight excluding hydrogens is 232 g/mol. The van der Waals surface area contributed by atoms with Gasteiger partial charge in [-0.05, 0) is 17.7 Å². The normalized spacial score (nSPS) is 19.4. The van der Waals surface area contributed by atoms with Gasteiger partial charge in [0.05, 0.1) is 19.6 Å². The summed E-state index contributed by atoms with van der Waals surface area (Å²) in [5, 5.41) is 3.09. The van der Waals surface area contributed by atoms with Crippen LogP contribution in [0.25, 0.3) is 0 Å². The fraction of sp³-hybridized carbons (Fsp3) is 0.385. The number of imide groups is 1. The summed E-state index contributed by atoms with van der Waals surface area (Å²) in [6, 6.07) is 7.19. The van der Waals surface area contributed by atoms with Crippen molar-refractivity contribution in [3.8, 4) is 5.75 Å². The van der Waals surface area contributed by atoms with Crippen LogP contribution in [-0.2, 0) is 16.1 Å². The van der Waals surface area contributed by atoms with Gasteiger partial charge in [0.15, 0.2) is 0 Å². The third kappa shape index (κ3) is 2.51. The molecule has 1 unspecified atom stereocenters. The van der Waals surface area contributed by atoms with E-state index in [1.165, 1.54) is 11.9 Å². The van der Waals surface area contributed by atoms with Crippen LogP contribution in [0.1, 0.15) is 12.0 Å². The van der Waals surface area contributed by atoms with Crippen LogP contribution >= 0.6 is 0 Å². The fourth-order valence-corrected chi connectivity index (χ4v) is 1.94. The van der Waals surface area contributed by atoms with Gasteiger partial charge < -0.3 is 10.1 Å². The summed E-state index contributed by atoms with van der Waals surface area (Å²) in [5.41, 5.74) is 1.02. The summed E-state index contributed by atoms with van der Waals surface area (Å²) < 4.78 is 5.12. The molecule has 0 aliphatic carbocycles. The van der Waals surface area contributed by atoms with Crippen LogP contribution in [0.4, 0.5) is 0 Å². The number of carbonyl (C=O) groups excluding carboxylic acids is 2. The van der Waals surface area contributed by atoms with Crippen LogP contribution in [0.2, 0.25) is 0 Å². The molecule has 0 bridgehead atoms. The lowest BCUT2D eigenvalue weighted by molar-refractivity contribution is -0.137. The number of nitrogens with one attached hydrogen (secondary N) is 1. The van der Waals surface area contributed by atoms with E-state index in [9.17, 15) is 9.59 Å². The first-order valence-corrected chi connectivity index (χ1v) is 5.78. The van der Waals surface area contributed by atoms with Crippen LogP contribution in [0.3, 0.4) is 0 Å². The molecule has 1 fully saturated rings. The minimum atomic E-state index is -0.409. The van der Waals surface area contributed by atoms with E-state index in [0.29, 0.717) is 6.54 Å². The predicted molar refractivity (Wildman–Crippen MR) is 66.0 cm³/mol. The molecule has 0 radical (unpaired) electrons. The average Bonchev–Trinajstić information content (AvgIpc) is 2.64. The van der Waals surface area contributed by atoms with Crippen LogP contribution in [-0.4, -0.2) is 36.9 Å². The molecule has 5 nitrogen and oxygen atoms in total. The Kier molecular flexibility index (Phi) is 3.62. The highest BCUT2D eigenvalue weighted by molar-refractivity contribution is 6.05. The van der Waals surface area contributed by atoms with Crippen LogP contribution in [0.15, 0.2) is 24.3 Å². The Bertz CT molecular complexity index is 473. The van der Waals surface area contributed by atoms with Crippen molar-refractivity contribution in [2.75, 3.05) is 14.2 Å². The van der Waals surface area contributed by atoms with Gasteiger partial charge in [-0.15, -0.1) is 0 Å². The van der Waals surface area contributed by atoms with E-state index in [2.05, 4.69) is 5.32 Å². The number of amides is 2. The first-order valence-electron chi connectivity index (χ1n) is 5.78. The maximum atomic E-state index is 11.7. The quantitative estimate of drug-likeness (QED) is 0.790. The Morgan fingerprint density at radius 1 is 1.44 bits per heavy atom. The van der Waals surface area contributed by atoms with Crippen molar-refractivity contribution in [3.05, 3.63) is 29.8 Å². The topological polar surface area (TPSA) is 58.6 Å². The van der Waals surface area contributed by atoms with E-state index in [4.69, 9.17) is 4.74 Å². The summed E-state index contributed by atoms with van der Waals surface area (Å²) in [6.45, 7) is 0.536. The Balaban J connectivity index is 1.96. The second-order valence-electron chi connectivity index (χ2n) is 4.28. The van der Waals surface area contributed by atoms with Crippen molar-refractivity contribution in [2.45, 2.75) is 19.0 Å². The van der Waals surface area contributed by atoms with Gasteiger partial charge in [-0.1, -0.05) is 12.1 Å². The van der Waals surface area contributed by atoms with Gasteiger partial charge >= 0.3 is 0 Å². The Morgan fingerprint density at radius 3 is 2.83 bits per heavy atom. The molecule has 18 heavy (non-hydrogen) atoms. The third-order valence-electron chi connectivity index (χ3n) is 3.07. The molecule has 1 aromatic carbocycles. The van der Waals surface area contributed by atoms with Gasteiger partial charge in [0.2, 0.25) is 11.8 Å². The number of methoxy groups -OCH3 is 1. The SMILES string of the molecule is COc1cccc(CNC2CC(=O)N(C)C2=O)c1. The van der Waals surface area contributed by atoms with Crippen molar-refractivity contribution >= 4 is 11.8 Å². The summed E-state index contributed by atoms with van der Waals surface area (Å²) in [7, 11) is 3.12. The lowest BCUT2D eigenvalue weighted by Gasteiger charge is -2.11. The number of nitrogens with zero attached hydrogens (tertiary/aromatic N) is 1. The Hall–Kier alpha value is -1.88. The second kappa shape index (κ2) is 5.18. The fourth-order valence-electron chi connectivity index (χ4n) is 1.94. The molecule has 2 amide bonds. The van der Waals surface area contributed by atoms with E-state index in [1.54, 1.807) is 7.11 Å². The number of hydrogen-bond donors (Lipinski definition) is 1. The molecule has 1 heterocycles. The summed E-state index contributed by atoms with van der Waals surface area (Å²) in [5.74, 6) is 0.478. The molecule has 0 spiro atoms. The van der Waals surface area contributed by atoms with E-state index in [0.717, 1.165) is 11.3 Å². The highest BCUT2D eigenvalue weighted by Gasteiger charge is 2.35. The third-order valence-corrected chi connectivity index (χ3v) is 3.07. The molecule has 2 rings (SSSR count). The van der Waals surface area contributed by atoms with E-state index in [-0.39, 0.29) is 18.2 Å². The lowest BCUT2D eigenvalue weighted by Crippen LogP contribution is -2.36. The molecule has 1 aliphatic heterocycles. The van der Waals surface area contributed by atoms with Crippen molar-refractivity contribution in [1.82, 2.24) is 10.2 Å². The number of ether oxygens (including phenoxy) is 1. The van der Waals surface area contributed by atoms with Gasteiger partial charge in [-0.3, -0.25) is 14.5 Å². The summed E-state index contributed by atoms with van der Waals surface area (Å²) in [6.07, 6.45) is 0.235. The van der Waals surface area contributed by atoms with Gasteiger partial charge in [-0.25, -0.2) is 0 Å². The molecule has 1 atom stereocenters. The lowest BCUT2D eigenvalue weighted by atomic mass is 10.2. The number of hydrogen-bond acceptors (Lipinski definition) is 4. The van der Waals surface area contributed by atoms with Gasteiger partial charge in [0.1, 0.15) is 5.75 Å². The van der Waals surface area contributed by atoms with Crippen molar-refractivity contribution in [1.29, 1.82) is 0 Å². The maximum Gasteiger partial charge on any atom is 0.246 e. The smallest absolute Gasteiger partial charge is 0.246 e. The zero-order valence-electron chi connectivity index (χ0n) is 10.5. The molecule has 1 N–H and O–H groups in total. The van der Waals surface area contributed by atoms with Gasteiger partial charge in [0, 0.05) is 13.6 Å².